The number of nitrogens with one attached hydrogen (secondary N) is 1. The average Bonchev–Trinajstić information content (AvgIpc) is 2.62. The van der Waals surface area contributed by atoms with Gasteiger partial charge in [-0.2, -0.15) is 0 Å². The number of amides is 1. The van der Waals surface area contributed by atoms with E-state index in [1.54, 1.807) is 0 Å². The fraction of sp³-hybridized carbons (Fsp3) is 0.0952. The van der Waals surface area contributed by atoms with Crippen LogP contribution in [0.25, 0.3) is 0 Å². The van der Waals surface area contributed by atoms with Crippen molar-refractivity contribution < 1.29 is 9.18 Å². The lowest BCUT2D eigenvalue weighted by Gasteiger charge is -2.07. The normalized spacial score (nSPS) is 10.4. The zero-order chi connectivity index (χ0) is 16.8. The van der Waals surface area contributed by atoms with E-state index in [9.17, 15) is 9.18 Å². The van der Waals surface area contributed by atoms with Gasteiger partial charge >= 0.3 is 0 Å². The number of anilines is 1. The van der Waals surface area contributed by atoms with E-state index < -0.39 is 0 Å². The Kier molecular flexibility index (Phi) is 5.02. The summed E-state index contributed by atoms with van der Waals surface area (Å²) in [5.74, 6) is -0.596. The molecule has 24 heavy (non-hydrogen) atoms. The van der Waals surface area contributed by atoms with Crippen molar-refractivity contribution in [2.45, 2.75) is 12.8 Å². The lowest BCUT2D eigenvalue weighted by Crippen LogP contribution is -2.11. The van der Waals surface area contributed by atoms with Gasteiger partial charge in [-0.1, -0.05) is 42.5 Å². The molecule has 0 unspecified atom stereocenters. The first-order chi connectivity index (χ1) is 11.7. The van der Waals surface area contributed by atoms with Crippen LogP contribution in [0.5, 0.6) is 0 Å². The topological polar surface area (TPSA) is 29.1 Å². The first-order valence-electron chi connectivity index (χ1n) is 7.90. The molecule has 0 saturated carbocycles. The second kappa shape index (κ2) is 7.55. The van der Waals surface area contributed by atoms with Gasteiger partial charge in [-0.05, 0) is 60.4 Å². The van der Waals surface area contributed by atoms with Gasteiger partial charge in [-0.3, -0.25) is 4.79 Å². The number of benzene rings is 3. The van der Waals surface area contributed by atoms with Crippen LogP contribution in [0.2, 0.25) is 0 Å². The van der Waals surface area contributed by atoms with Crippen molar-refractivity contribution in [1.29, 1.82) is 0 Å². The second-order valence-electron chi connectivity index (χ2n) is 5.64. The van der Waals surface area contributed by atoms with Crippen LogP contribution in [0.4, 0.5) is 10.1 Å². The maximum absolute atomic E-state index is 12.9. The predicted molar refractivity (Wildman–Crippen MR) is 94.6 cm³/mol. The summed E-state index contributed by atoms with van der Waals surface area (Å²) in [5.41, 5.74) is 3.70. The predicted octanol–water partition coefficient (Wildman–Crippen LogP) is 4.86. The van der Waals surface area contributed by atoms with Gasteiger partial charge in [-0.15, -0.1) is 0 Å². The molecule has 3 aromatic carbocycles. The van der Waals surface area contributed by atoms with E-state index in [1.807, 2.05) is 42.5 Å². The van der Waals surface area contributed by atoms with Crippen LogP contribution in [0.15, 0.2) is 78.9 Å². The van der Waals surface area contributed by atoms with Crippen LogP contribution < -0.4 is 5.32 Å². The molecule has 0 saturated heterocycles. The summed E-state index contributed by atoms with van der Waals surface area (Å²) in [6.07, 6.45) is 1.94. The van der Waals surface area contributed by atoms with Gasteiger partial charge in [0.05, 0.1) is 0 Å². The Morgan fingerprint density at radius 1 is 0.750 bits per heavy atom. The van der Waals surface area contributed by atoms with Gasteiger partial charge < -0.3 is 5.32 Å². The minimum absolute atomic E-state index is 0.243. The Bertz CT molecular complexity index is 796. The molecule has 120 valence electrons. The minimum atomic E-state index is -0.352. The Morgan fingerprint density at radius 3 is 1.96 bits per heavy atom. The lowest BCUT2D eigenvalue weighted by molar-refractivity contribution is 0.102. The molecule has 1 N–H and O–H groups in total. The monoisotopic (exact) mass is 319 g/mol. The largest absolute Gasteiger partial charge is 0.322 e. The first-order valence-corrected chi connectivity index (χ1v) is 7.90. The molecule has 0 heterocycles. The quantitative estimate of drug-likeness (QED) is 0.714. The summed E-state index contributed by atoms with van der Waals surface area (Å²) in [5, 5.41) is 2.82. The molecular formula is C21H18FNO. The molecule has 2 nitrogen and oxygen atoms in total. The smallest absolute Gasteiger partial charge is 0.255 e. The lowest BCUT2D eigenvalue weighted by atomic mass is 10.0. The van der Waals surface area contributed by atoms with E-state index in [4.69, 9.17) is 0 Å². The molecule has 0 fully saturated rings. The molecule has 3 rings (SSSR count). The molecule has 0 aromatic heterocycles. The Balaban J connectivity index is 1.58. The van der Waals surface area contributed by atoms with Gasteiger partial charge in [0.2, 0.25) is 0 Å². The van der Waals surface area contributed by atoms with Crippen molar-refractivity contribution in [3.8, 4) is 0 Å². The maximum Gasteiger partial charge on any atom is 0.255 e. The summed E-state index contributed by atoms with van der Waals surface area (Å²) < 4.78 is 12.9. The molecule has 0 aliphatic heterocycles. The summed E-state index contributed by atoms with van der Waals surface area (Å²) in [6.45, 7) is 0. The zero-order valence-electron chi connectivity index (χ0n) is 13.2. The van der Waals surface area contributed by atoms with Gasteiger partial charge in [0, 0.05) is 11.3 Å². The van der Waals surface area contributed by atoms with Gasteiger partial charge in [0.1, 0.15) is 5.82 Å². The molecule has 0 radical (unpaired) electrons. The Morgan fingerprint density at radius 2 is 1.33 bits per heavy atom. The summed E-state index contributed by atoms with van der Waals surface area (Å²) in [6, 6.07) is 23.7. The third-order valence-electron chi connectivity index (χ3n) is 3.86. The van der Waals surface area contributed by atoms with Crippen LogP contribution >= 0.6 is 0 Å². The van der Waals surface area contributed by atoms with Gasteiger partial charge in [0.15, 0.2) is 0 Å². The van der Waals surface area contributed by atoms with Crippen molar-refractivity contribution in [2.75, 3.05) is 5.32 Å². The number of carbonyl (C=O) groups excluding carboxylic acids is 1. The molecule has 0 aliphatic carbocycles. The van der Waals surface area contributed by atoms with Crippen molar-refractivity contribution in [3.63, 3.8) is 0 Å². The van der Waals surface area contributed by atoms with Crippen molar-refractivity contribution in [2.24, 2.45) is 0 Å². The summed E-state index contributed by atoms with van der Waals surface area (Å²) in [4.78, 5) is 12.1. The van der Waals surface area contributed by atoms with E-state index in [-0.39, 0.29) is 11.7 Å². The SMILES string of the molecule is O=C(Nc1ccc(CCc2ccccc2)cc1)c1ccc(F)cc1. The molecule has 0 aliphatic rings. The highest BCUT2D eigenvalue weighted by Gasteiger charge is 2.06. The van der Waals surface area contributed by atoms with Crippen LogP contribution in [0.1, 0.15) is 21.5 Å². The molecule has 3 heteroatoms. The zero-order valence-corrected chi connectivity index (χ0v) is 13.2. The Hall–Kier alpha value is -2.94. The van der Waals surface area contributed by atoms with Crippen LogP contribution in [-0.4, -0.2) is 5.91 Å². The first kappa shape index (κ1) is 15.9. The van der Waals surface area contributed by atoms with E-state index in [1.165, 1.54) is 35.4 Å². The summed E-state index contributed by atoms with van der Waals surface area (Å²) in [7, 11) is 0. The number of rotatable bonds is 5. The van der Waals surface area contributed by atoms with E-state index in [0.29, 0.717) is 5.56 Å². The highest BCUT2D eigenvalue weighted by Crippen LogP contribution is 2.14. The number of aryl methyl sites for hydroxylation is 2. The van der Waals surface area contributed by atoms with E-state index >= 15 is 0 Å². The summed E-state index contributed by atoms with van der Waals surface area (Å²) >= 11 is 0. The number of hydrogen-bond donors (Lipinski definition) is 1. The van der Waals surface area contributed by atoms with Crippen molar-refractivity contribution >= 4 is 11.6 Å². The third-order valence-corrected chi connectivity index (χ3v) is 3.86. The highest BCUT2D eigenvalue weighted by molar-refractivity contribution is 6.04. The number of halogens is 1. The third kappa shape index (κ3) is 4.29. The standard InChI is InChI=1S/C21H18FNO/c22-19-12-10-18(11-13-19)21(24)23-20-14-8-17(9-15-20)7-6-16-4-2-1-3-5-16/h1-5,8-15H,6-7H2,(H,23,24). The molecule has 0 spiro atoms. The average molecular weight is 319 g/mol. The van der Waals surface area contributed by atoms with Crippen LogP contribution in [0, 0.1) is 5.82 Å². The molecule has 3 aromatic rings. The fourth-order valence-corrected chi connectivity index (χ4v) is 2.49. The maximum atomic E-state index is 12.9. The van der Waals surface area contributed by atoms with E-state index in [2.05, 4.69) is 17.4 Å². The van der Waals surface area contributed by atoms with Crippen LogP contribution in [0.3, 0.4) is 0 Å². The van der Waals surface area contributed by atoms with Gasteiger partial charge in [-0.25, -0.2) is 4.39 Å². The minimum Gasteiger partial charge on any atom is -0.322 e. The number of hydrogen-bond acceptors (Lipinski definition) is 1. The molecule has 0 bridgehead atoms. The van der Waals surface area contributed by atoms with Crippen LogP contribution in [-0.2, 0) is 12.8 Å². The van der Waals surface area contributed by atoms with Gasteiger partial charge in [0.25, 0.3) is 5.91 Å². The van der Waals surface area contributed by atoms with Crippen molar-refractivity contribution in [3.05, 3.63) is 101 Å². The fourth-order valence-electron chi connectivity index (χ4n) is 2.49. The number of carbonyl (C=O) groups is 1. The van der Waals surface area contributed by atoms with Crippen molar-refractivity contribution in [1.82, 2.24) is 0 Å². The highest BCUT2D eigenvalue weighted by atomic mass is 19.1. The molecule has 1 amide bonds. The second-order valence-corrected chi connectivity index (χ2v) is 5.64. The molecular weight excluding hydrogens is 301 g/mol. The Labute approximate surface area is 141 Å². The van der Waals surface area contributed by atoms with E-state index in [0.717, 1.165) is 18.5 Å². The molecule has 0 atom stereocenters.